The summed E-state index contributed by atoms with van der Waals surface area (Å²) < 4.78 is 7.17. The van der Waals surface area contributed by atoms with Crippen LogP contribution >= 0.6 is 11.6 Å². The molecule has 2 aliphatic rings. The molecule has 2 fully saturated rings. The van der Waals surface area contributed by atoms with Gasteiger partial charge in [0.2, 0.25) is 0 Å². The van der Waals surface area contributed by atoms with Crippen molar-refractivity contribution in [2.75, 3.05) is 37.7 Å². The number of nitrogens with two attached hydrogens (primary N) is 1. The third-order valence-electron chi connectivity index (χ3n) is 7.43. The first-order chi connectivity index (χ1) is 16.6. The average molecular weight is 479 g/mol. The maximum Gasteiger partial charge on any atom is 0.267 e. The molecule has 0 amide bonds. The minimum Gasteiger partial charge on any atom is -0.378 e. The molecule has 0 spiro atoms. The lowest BCUT2D eigenvalue weighted by molar-refractivity contribution is 0.122. The summed E-state index contributed by atoms with van der Waals surface area (Å²) >= 11 is 6.26. The maximum atomic E-state index is 12.8. The number of aromatic nitrogens is 2. The minimum absolute atomic E-state index is 0.0545. The second-order valence-corrected chi connectivity index (χ2v) is 9.81. The SMILES string of the molecule is NC[C@]1(c2cccc(Cl)c2)CC[C@H](n2nc(-c3cccc(N4CCOCC4)c3)ccc2=O)CC1. The summed E-state index contributed by atoms with van der Waals surface area (Å²) in [4.78, 5) is 15.1. The monoisotopic (exact) mass is 478 g/mol. The lowest BCUT2D eigenvalue weighted by Gasteiger charge is -2.40. The van der Waals surface area contributed by atoms with Gasteiger partial charge in [-0.15, -0.1) is 0 Å². The van der Waals surface area contributed by atoms with E-state index in [0.717, 1.165) is 74.0 Å². The van der Waals surface area contributed by atoms with Crippen molar-refractivity contribution >= 4 is 17.3 Å². The average Bonchev–Trinajstić information content (AvgIpc) is 2.90. The van der Waals surface area contributed by atoms with Crippen molar-refractivity contribution in [1.29, 1.82) is 0 Å². The van der Waals surface area contributed by atoms with E-state index in [1.54, 1.807) is 10.7 Å². The molecule has 0 bridgehead atoms. The fourth-order valence-electron chi connectivity index (χ4n) is 5.35. The fraction of sp³-hybridized carbons (Fsp3) is 0.407. The smallest absolute Gasteiger partial charge is 0.267 e. The zero-order valence-electron chi connectivity index (χ0n) is 19.3. The largest absolute Gasteiger partial charge is 0.378 e. The number of morpholine rings is 1. The predicted molar refractivity (Wildman–Crippen MR) is 137 cm³/mol. The Morgan fingerprint density at radius 1 is 1.03 bits per heavy atom. The normalized spacial score (nSPS) is 23.1. The van der Waals surface area contributed by atoms with Gasteiger partial charge in [0, 0.05) is 47.4 Å². The van der Waals surface area contributed by atoms with Crippen molar-refractivity contribution in [2.24, 2.45) is 5.73 Å². The number of benzene rings is 2. The molecule has 0 atom stereocenters. The molecule has 1 aromatic heterocycles. The number of anilines is 1. The van der Waals surface area contributed by atoms with Crippen molar-refractivity contribution in [3.8, 4) is 11.3 Å². The first kappa shape index (κ1) is 23.1. The molecular formula is C27H31ClN4O2. The molecule has 6 nitrogen and oxygen atoms in total. The molecule has 1 saturated carbocycles. The maximum absolute atomic E-state index is 12.8. The molecule has 1 aliphatic carbocycles. The van der Waals surface area contributed by atoms with Crippen LogP contribution in [0.2, 0.25) is 5.02 Å². The van der Waals surface area contributed by atoms with Crippen LogP contribution in [0.1, 0.15) is 37.3 Å². The second kappa shape index (κ2) is 9.90. The van der Waals surface area contributed by atoms with E-state index in [2.05, 4.69) is 35.2 Å². The Morgan fingerprint density at radius 2 is 1.79 bits per heavy atom. The Morgan fingerprint density at radius 3 is 2.53 bits per heavy atom. The van der Waals surface area contributed by atoms with Gasteiger partial charge in [0.15, 0.2) is 0 Å². The summed E-state index contributed by atoms with van der Waals surface area (Å²) in [5.41, 5.74) is 10.3. The highest BCUT2D eigenvalue weighted by molar-refractivity contribution is 6.30. The summed E-state index contributed by atoms with van der Waals surface area (Å²) in [6.45, 7) is 3.82. The Bertz CT molecular complexity index is 1200. The quantitative estimate of drug-likeness (QED) is 0.588. The summed E-state index contributed by atoms with van der Waals surface area (Å²) in [7, 11) is 0. The number of halogens is 1. The number of ether oxygens (including phenoxy) is 1. The number of nitrogens with zero attached hydrogens (tertiary/aromatic N) is 3. The van der Waals surface area contributed by atoms with Gasteiger partial charge in [-0.2, -0.15) is 5.10 Å². The molecule has 34 heavy (non-hydrogen) atoms. The van der Waals surface area contributed by atoms with Crippen LogP contribution in [-0.4, -0.2) is 42.6 Å². The first-order valence-electron chi connectivity index (χ1n) is 12.1. The van der Waals surface area contributed by atoms with Gasteiger partial charge in [-0.1, -0.05) is 35.9 Å². The molecule has 178 valence electrons. The van der Waals surface area contributed by atoms with Crippen LogP contribution in [0.5, 0.6) is 0 Å². The third-order valence-corrected chi connectivity index (χ3v) is 7.66. The summed E-state index contributed by atoms with van der Waals surface area (Å²) in [6.07, 6.45) is 3.51. The van der Waals surface area contributed by atoms with Crippen molar-refractivity contribution in [2.45, 2.75) is 37.1 Å². The second-order valence-electron chi connectivity index (χ2n) is 9.38. The van der Waals surface area contributed by atoms with Gasteiger partial charge in [0.25, 0.3) is 5.56 Å². The van der Waals surface area contributed by atoms with Gasteiger partial charge in [0.05, 0.1) is 24.9 Å². The van der Waals surface area contributed by atoms with Crippen LogP contribution in [0.25, 0.3) is 11.3 Å². The molecule has 5 rings (SSSR count). The number of hydrogen-bond acceptors (Lipinski definition) is 5. The van der Waals surface area contributed by atoms with E-state index < -0.39 is 0 Å². The zero-order chi connectivity index (χ0) is 23.5. The van der Waals surface area contributed by atoms with E-state index in [0.29, 0.717) is 6.54 Å². The summed E-state index contributed by atoms with van der Waals surface area (Å²) in [6, 6.07) is 19.9. The number of rotatable bonds is 5. The van der Waals surface area contributed by atoms with Crippen molar-refractivity contribution < 1.29 is 4.74 Å². The van der Waals surface area contributed by atoms with Gasteiger partial charge in [-0.25, -0.2) is 4.68 Å². The van der Waals surface area contributed by atoms with E-state index in [1.165, 1.54) is 5.56 Å². The Hall–Kier alpha value is -2.67. The highest BCUT2D eigenvalue weighted by Gasteiger charge is 2.37. The molecular weight excluding hydrogens is 448 g/mol. The molecule has 7 heteroatoms. The lowest BCUT2D eigenvalue weighted by Crippen LogP contribution is -2.41. The molecule has 2 aromatic carbocycles. The Labute approximate surface area is 205 Å². The van der Waals surface area contributed by atoms with Gasteiger partial charge in [-0.3, -0.25) is 4.79 Å². The van der Waals surface area contributed by atoms with Crippen LogP contribution in [0, 0.1) is 0 Å². The first-order valence-corrected chi connectivity index (χ1v) is 12.4. The van der Waals surface area contributed by atoms with Crippen LogP contribution in [0.4, 0.5) is 5.69 Å². The van der Waals surface area contributed by atoms with Crippen molar-refractivity contribution in [1.82, 2.24) is 9.78 Å². The molecule has 1 saturated heterocycles. The van der Waals surface area contributed by atoms with Crippen LogP contribution in [0.3, 0.4) is 0 Å². The van der Waals surface area contributed by atoms with Gasteiger partial charge in [-0.05, 0) is 61.6 Å². The highest BCUT2D eigenvalue weighted by atomic mass is 35.5. The van der Waals surface area contributed by atoms with Gasteiger partial charge >= 0.3 is 0 Å². The predicted octanol–water partition coefficient (Wildman–Crippen LogP) is 4.41. The summed E-state index contributed by atoms with van der Waals surface area (Å²) in [5.74, 6) is 0. The zero-order valence-corrected chi connectivity index (χ0v) is 20.1. The summed E-state index contributed by atoms with van der Waals surface area (Å²) in [5, 5.41) is 5.56. The van der Waals surface area contributed by atoms with Crippen LogP contribution < -0.4 is 16.2 Å². The molecule has 0 radical (unpaired) electrons. The highest BCUT2D eigenvalue weighted by Crippen LogP contribution is 2.42. The third kappa shape index (κ3) is 4.63. The lowest BCUT2D eigenvalue weighted by atomic mass is 9.68. The van der Waals surface area contributed by atoms with Crippen molar-refractivity contribution in [3.05, 3.63) is 81.6 Å². The van der Waals surface area contributed by atoms with Crippen LogP contribution in [-0.2, 0) is 10.2 Å². The van der Waals surface area contributed by atoms with Gasteiger partial charge < -0.3 is 15.4 Å². The Balaban J connectivity index is 1.37. The Kier molecular flexibility index (Phi) is 6.73. The standard InChI is InChI=1S/C27H31ClN4O2/c28-22-5-2-4-21(18-22)27(19-29)11-9-23(10-12-27)32-26(33)8-7-25(30-32)20-3-1-6-24(17-20)31-13-15-34-16-14-31/h1-8,17-18,23H,9-16,19,29H2/t23-,27-. The van der Waals surface area contributed by atoms with Crippen molar-refractivity contribution in [3.63, 3.8) is 0 Å². The molecule has 3 aromatic rings. The van der Waals surface area contributed by atoms with Crippen LogP contribution in [0.15, 0.2) is 65.5 Å². The molecule has 2 N–H and O–H groups in total. The van der Waals surface area contributed by atoms with E-state index in [-0.39, 0.29) is 17.0 Å². The molecule has 2 heterocycles. The van der Waals surface area contributed by atoms with E-state index >= 15 is 0 Å². The molecule has 0 unspecified atom stereocenters. The van der Waals surface area contributed by atoms with Gasteiger partial charge in [0.1, 0.15) is 0 Å². The topological polar surface area (TPSA) is 73.4 Å². The molecule has 1 aliphatic heterocycles. The fourth-order valence-corrected chi connectivity index (χ4v) is 5.54. The number of hydrogen-bond donors (Lipinski definition) is 1. The minimum atomic E-state index is -0.102. The van der Waals surface area contributed by atoms with E-state index in [9.17, 15) is 4.79 Å². The van der Waals surface area contributed by atoms with E-state index in [4.69, 9.17) is 27.2 Å². The van der Waals surface area contributed by atoms with E-state index in [1.807, 2.05) is 24.3 Å².